The van der Waals surface area contributed by atoms with Crippen LogP contribution in [0.2, 0.25) is 0 Å². The van der Waals surface area contributed by atoms with E-state index in [2.05, 4.69) is 35.1 Å². The summed E-state index contributed by atoms with van der Waals surface area (Å²) in [6.07, 6.45) is 1.04. The molecular weight excluding hydrogens is 244 g/mol. The van der Waals surface area contributed by atoms with Gasteiger partial charge in [0.1, 0.15) is 0 Å². The maximum Gasteiger partial charge on any atom is 0.233 e. The fraction of sp³-hybridized carbons (Fsp3) is 0.545. The van der Waals surface area contributed by atoms with Crippen LogP contribution in [0.25, 0.3) is 0 Å². The molecule has 0 radical (unpaired) electrons. The number of thiophene rings is 1. The Balaban J connectivity index is 0.00000225. The molecule has 5 heteroatoms. The van der Waals surface area contributed by atoms with Gasteiger partial charge >= 0.3 is 0 Å². The number of hydrogen-bond acceptors (Lipinski definition) is 3. The molecular formula is C11H19ClN2OS. The Hall–Kier alpha value is -0.580. The molecule has 0 aromatic carbocycles. The van der Waals surface area contributed by atoms with E-state index >= 15 is 0 Å². The highest BCUT2D eigenvalue weighted by Crippen LogP contribution is 2.13. The zero-order chi connectivity index (χ0) is 11.1. The van der Waals surface area contributed by atoms with E-state index in [4.69, 9.17) is 0 Å². The number of carbonyl (C=O) groups is 1. The zero-order valence-electron chi connectivity index (χ0n) is 9.66. The van der Waals surface area contributed by atoms with Crippen molar-refractivity contribution in [2.45, 2.75) is 13.3 Å². The molecule has 0 spiro atoms. The topological polar surface area (TPSA) is 41.1 Å². The normalized spacial score (nSPS) is 11.6. The van der Waals surface area contributed by atoms with Gasteiger partial charge in [0.15, 0.2) is 0 Å². The Morgan fingerprint density at radius 2 is 2.31 bits per heavy atom. The lowest BCUT2D eigenvalue weighted by molar-refractivity contribution is -0.120. The Labute approximate surface area is 107 Å². The van der Waals surface area contributed by atoms with E-state index in [1.54, 1.807) is 18.4 Å². The molecule has 1 aromatic heterocycles. The molecule has 1 amide bonds. The number of rotatable bonds is 6. The lowest BCUT2D eigenvalue weighted by Crippen LogP contribution is -2.35. The monoisotopic (exact) mass is 262 g/mol. The van der Waals surface area contributed by atoms with Gasteiger partial charge in [-0.3, -0.25) is 4.79 Å². The fourth-order valence-corrected chi connectivity index (χ4v) is 2.23. The van der Waals surface area contributed by atoms with Crippen molar-refractivity contribution in [1.29, 1.82) is 0 Å². The molecule has 1 unspecified atom stereocenters. The van der Waals surface area contributed by atoms with Crippen molar-refractivity contribution >= 4 is 29.7 Å². The van der Waals surface area contributed by atoms with E-state index < -0.39 is 0 Å². The average Bonchev–Trinajstić information content (AvgIpc) is 2.68. The number of nitrogens with one attached hydrogen (secondary N) is 2. The van der Waals surface area contributed by atoms with Gasteiger partial charge in [0.25, 0.3) is 0 Å². The van der Waals surface area contributed by atoms with Gasteiger partial charge in [0.05, 0.1) is 6.54 Å². The van der Waals surface area contributed by atoms with E-state index in [-0.39, 0.29) is 18.3 Å². The van der Waals surface area contributed by atoms with Gasteiger partial charge in [-0.25, -0.2) is 0 Å². The van der Waals surface area contributed by atoms with E-state index in [9.17, 15) is 4.79 Å². The largest absolute Gasteiger partial charge is 0.355 e. The van der Waals surface area contributed by atoms with E-state index in [1.807, 2.05) is 0 Å². The van der Waals surface area contributed by atoms with Crippen molar-refractivity contribution in [2.24, 2.45) is 5.92 Å². The van der Waals surface area contributed by atoms with Gasteiger partial charge in [-0.15, -0.1) is 23.7 Å². The molecule has 0 fully saturated rings. The second kappa shape index (κ2) is 8.56. The second-order valence-corrected chi connectivity index (χ2v) is 4.76. The van der Waals surface area contributed by atoms with Gasteiger partial charge < -0.3 is 10.6 Å². The summed E-state index contributed by atoms with van der Waals surface area (Å²) in [5, 5.41) is 7.81. The summed E-state index contributed by atoms with van der Waals surface area (Å²) in [6, 6.07) is 4.20. The minimum atomic E-state index is 0. The zero-order valence-corrected chi connectivity index (χ0v) is 11.3. The lowest BCUT2D eigenvalue weighted by atomic mass is 10.1. The molecule has 0 aliphatic carbocycles. The minimum absolute atomic E-state index is 0. The van der Waals surface area contributed by atoms with Crippen LogP contribution in [0.3, 0.4) is 0 Å². The Kier molecular flexibility index (Phi) is 8.25. The van der Waals surface area contributed by atoms with Gasteiger partial charge in [-0.2, -0.15) is 0 Å². The van der Waals surface area contributed by atoms with Gasteiger partial charge in [-0.05, 0) is 30.8 Å². The highest BCUT2D eigenvalue weighted by molar-refractivity contribution is 7.09. The first-order valence-corrected chi connectivity index (χ1v) is 6.04. The van der Waals surface area contributed by atoms with Crippen molar-refractivity contribution < 1.29 is 4.79 Å². The van der Waals surface area contributed by atoms with E-state index in [0.29, 0.717) is 12.5 Å². The summed E-state index contributed by atoms with van der Waals surface area (Å²) in [7, 11) is 1.77. The molecule has 3 nitrogen and oxygen atoms in total. The summed E-state index contributed by atoms with van der Waals surface area (Å²) in [5.74, 6) is 0.556. The average molecular weight is 263 g/mol. The summed E-state index contributed by atoms with van der Waals surface area (Å²) in [6.45, 7) is 3.30. The van der Waals surface area contributed by atoms with Crippen LogP contribution >= 0.6 is 23.7 Å². The highest BCUT2D eigenvalue weighted by atomic mass is 35.5. The van der Waals surface area contributed by atoms with Gasteiger partial charge in [0, 0.05) is 11.4 Å². The lowest BCUT2D eigenvalue weighted by Gasteiger charge is -2.11. The van der Waals surface area contributed by atoms with Gasteiger partial charge in [-0.1, -0.05) is 13.0 Å². The molecule has 0 aliphatic rings. The Bertz CT molecular complexity index is 290. The van der Waals surface area contributed by atoms with Crippen LogP contribution in [0, 0.1) is 5.92 Å². The van der Waals surface area contributed by atoms with Crippen LogP contribution in [0.1, 0.15) is 11.8 Å². The molecule has 1 aromatic rings. The van der Waals surface area contributed by atoms with Crippen molar-refractivity contribution in [3.63, 3.8) is 0 Å². The maximum atomic E-state index is 11.2. The number of hydrogen-bond donors (Lipinski definition) is 2. The van der Waals surface area contributed by atoms with Crippen LogP contribution < -0.4 is 10.6 Å². The van der Waals surface area contributed by atoms with Crippen LogP contribution in [0.4, 0.5) is 0 Å². The third kappa shape index (κ3) is 6.10. The quantitative estimate of drug-likeness (QED) is 0.819. The van der Waals surface area contributed by atoms with Gasteiger partial charge in [0.2, 0.25) is 5.91 Å². The van der Waals surface area contributed by atoms with Crippen LogP contribution in [-0.2, 0) is 11.2 Å². The molecule has 2 N–H and O–H groups in total. The summed E-state index contributed by atoms with van der Waals surface area (Å²) >= 11 is 1.77. The van der Waals surface area contributed by atoms with Crippen LogP contribution in [0.5, 0.6) is 0 Å². The molecule has 1 heterocycles. The van der Waals surface area contributed by atoms with E-state index in [0.717, 1.165) is 13.0 Å². The van der Waals surface area contributed by atoms with E-state index in [1.165, 1.54) is 4.88 Å². The van der Waals surface area contributed by atoms with Crippen LogP contribution in [-0.4, -0.2) is 26.0 Å². The predicted octanol–water partition coefficient (Wildman–Crippen LogP) is 1.68. The third-order valence-electron chi connectivity index (χ3n) is 2.11. The molecule has 1 rings (SSSR count). The number of amides is 1. The SMILES string of the molecule is CNCC(=O)NCC(C)Cc1cccs1.Cl. The molecule has 16 heavy (non-hydrogen) atoms. The molecule has 1 atom stereocenters. The van der Waals surface area contributed by atoms with Crippen molar-refractivity contribution in [3.8, 4) is 0 Å². The molecule has 92 valence electrons. The second-order valence-electron chi connectivity index (χ2n) is 3.72. The number of likely N-dealkylation sites (N-methyl/N-ethyl adjacent to an activating group) is 1. The van der Waals surface area contributed by atoms with Crippen molar-refractivity contribution in [2.75, 3.05) is 20.1 Å². The Morgan fingerprint density at radius 1 is 1.56 bits per heavy atom. The first-order chi connectivity index (χ1) is 7.22. The number of carbonyl (C=O) groups excluding carboxylic acids is 1. The van der Waals surface area contributed by atoms with Crippen molar-refractivity contribution in [3.05, 3.63) is 22.4 Å². The standard InChI is InChI=1S/C11H18N2OS.ClH/c1-9(6-10-4-3-5-15-10)7-13-11(14)8-12-2;/h3-5,9,12H,6-8H2,1-2H3,(H,13,14);1H. The first-order valence-electron chi connectivity index (χ1n) is 5.16. The molecule has 0 bridgehead atoms. The predicted molar refractivity (Wildman–Crippen MR) is 71.4 cm³/mol. The Morgan fingerprint density at radius 3 is 2.88 bits per heavy atom. The third-order valence-corrected chi connectivity index (χ3v) is 3.01. The maximum absolute atomic E-state index is 11.2. The molecule has 0 saturated carbocycles. The fourth-order valence-electron chi connectivity index (χ4n) is 1.36. The first kappa shape index (κ1) is 15.4. The smallest absolute Gasteiger partial charge is 0.233 e. The van der Waals surface area contributed by atoms with Crippen LogP contribution in [0.15, 0.2) is 17.5 Å². The van der Waals surface area contributed by atoms with Crippen molar-refractivity contribution in [1.82, 2.24) is 10.6 Å². The summed E-state index contributed by atoms with van der Waals surface area (Å²) < 4.78 is 0. The summed E-state index contributed by atoms with van der Waals surface area (Å²) in [5.41, 5.74) is 0. The minimum Gasteiger partial charge on any atom is -0.355 e. The summed E-state index contributed by atoms with van der Waals surface area (Å²) in [4.78, 5) is 12.6. The molecule has 0 aliphatic heterocycles. The highest BCUT2D eigenvalue weighted by Gasteiger charge is 2.06. The number of halogens is 1. The molecule has 0 saturated heterocycles.